The summed E-state index contributed by atoms with van der Waals surface area (Å²) in [5.74, 6) is 0.434. The molecule has 0 saturated carbocycles. The van der Waals surface area contributed by atoms with Crippen molar-refractivity contribution < 1.29 is 9.53 Å². The fraction of sp³-hybridized carbons (Fsp3) is 0.556. The van der Waals surface area contributed by atoms with E-state index in [1.165, 1.54) is 23.3 Å². The van der Waals surface area contributed by atoms with Crippen molar-refractivity contribution in [3.05, 3.63) is 22.6 Å². The maximum Gasteiger partial charge on any atom is 0.291 e. The van der Waals surface area contributed by atoms with Crippen molar-refractivity contribution in [2.75, 3.05) is 13.2 Å². The first-order valence-corrected chi connectivity index (χ1v) is 10.1. The monoisotopic (exact) mass is 371 g/mol. The Hall–Kier alpha value is -2.06. The van der Waals surface area contributed by atoms with E-state index in [1.54, 1.807) is 22.2 Å². The summed E-state index contributed by atoms with van der Waals surface area (Å²) in [6, 6.07) is 0. The van der Waals surface area contributed by atoms with Crippen LogP contribution in [0.3, 0.4) is 0 Å². The van der Waals surface area contributed by atoms with Gasteiger partial charge in [-0.05, 0) is 43.6 Å². The molecule has 8 heteroatoms. The molecule has 2 aliphatic rings. The van der Waals surface area contributed by atoms with E-state index in [0.29, 0.717) is 12.5 Å². The number of aryl methyl sites for hydroxylation is 1. The third kappa shape index (κ3) is 2.59. The van der Waals surface area contributed by atoms with Crippen molar-refractivity contribution in [1.29, 1.82) is 0 Å². The minimum absolute atomic E-state index is 0.106. The number of aromatic nitrogens is 4. The highest BCUT2D eigenvalue weighted by Gasteiger charge is 2.26. The van der Waals surface area contributed by atoms with Gasteiger partial charge >= 0.3 is 0 Å². The van der Waals surface area contributed by atoms with Gasteiger partial charge in [-0.2, -0.15) is 0 Å². The van der Waals surface area contributed by atoms with Crippen LogP contribution in [0.25, 0.3) is 15.9 Å². The van der Waals surface area contributed by atoms with Gasteiger partial charge in [0.1, 0.15) is 11.2 Å². The number of ether oxygens (including phenoxy) is 1. The molecule has 3 aromatic heterocycles. The average Bonchev–Trinajstić information content (AvgIpc) is 3.36. The predicted octanol–water partition coefficient (Wildman–Crippen LogP) is 2.69. The highest BCUT2D eigenvalue weighted by molar-refractivity contribution is 7.19. The summed E-state index contributed by atoms with van der Waals surface area (Å²) in [4.78, 5) is 24.0. The minimum atomic E-state index is -0.255. The second kappa shape index (κ2) is 6.28. The first kappa shape index (κ1) is 16.1. The fourth-order valence-electron chi connectivity index (χ4n) is 4.07. The van der Waals surface area contributed by atoms with Crippen molar-refractivity contribution in [2.24, 2.45) is 0 Å². The van der Waals surface area contributed by atoms with Gasteiger partial charge in [0.05, 0.1) is 11.5 Å². The Morgan fingerprint density at radius 3 is 3.19 bits per heavy atom. The first-order chi connectivity index (χ1) is 12.7. The summed E-state index contributed by atoms with van der Waals surface area (Å²) in [5.41, 5.74) is 2.09. The second-order valence-corrected chi connectivity index (χ2v) is 8.29. The Bertz CT molecular complexity index is 988. The van der Waals surface area contributed by atoms with Gasteiger partial charge in [-0.3, -0.25) is 4.79 Å². The Labute approximate surface area is 154 Å². The van der Waals surface area contributed by atoms with E-state index in [2.05, 4.69) is 27.3 Å². The van der Waals surface area contributed by atoms with Crippen LogP contribution in [0.15, 0.2) is 6.33 Å². The van der Waals surface area contributed by atoms with Crippen molar-refractivity contribution in [2.45, 2.75) is 51.0 Å². The maximum absolute atomic E-state index is 12.5. The molecule has 7 nitrogen and oxygen atoms in total. The Morgan fingerprint density at radius 1 is 1.42 bits per heavy atom. The fourth-order valence-corrected chi connectivity index (χ4v) is 5.37. The molecule has 26 heavy (non-hydrogen) atoms. The number of hydrogen-bond donors (Lipinski definition) is 1. The third-order valence-corrected chi connectivity index (χ3v) is 6.57. The van der Waals surface area contributed by atoms with Crippen molar-refractivity contribution >= 4 is 33.1 Å². The van der Waals surface area contributed by atoms with Crippen LogP contribution in [0.1, 0.15) is 59.6 Å². The van der Waals surface area contributed by atoms with Gasteiger partial charge in [-0.1, -0.05) is 6.92 Å². The molecule has 1 saturated heterocycles. The highest BCUT2D eigenvalue weighted by atomic mass is 32.1. The van der Waals surface area contributed by atoms with Crippen molar-refractivity contribution in [1.82, 2.24) is 24.9 Å². The van der Waals surface area contributed by atoms with Gasteiger partial charge in [-0.25, -0.2) is 14.5 Å². The number of hydrogen-bond acceptors (Lipinski definition) is 6. The molecule has 136 valence electrons. The summed E-state index contributed by atoms with van der Waals surface area (Å²) in [6.07, 6.45) is 7.32. The van der Waals surface area contributed by atoms with Crippen LogP contribution >= 0.6 is 11.3 Å². The van der Waals surface area contributed by atoms with E-state index in [4.69, 9.17) is 4.74 Å². The Morgan fingerprint density at radius 2 is 2.35 bits per heavy atom. The second-order valence-electron chi connectivity index (χ2n) is 7.21. The number of carbonyl (C=O) groups excluding carboxylic acids is 1. The lowest BCUT2D eigenvalue weighted by Crippen LogP contribution is -2.32. The molecule has 0 radical (unpaired) electrons. The molecule has 1 amide bonds. The van der Waals surface area contributed by atoms with E-state index in [-0.39, 0.29) is 17.8 Å². The van der Waals surface area contributed by atoms with Crippen LogP contribution in [0.5, 0.6) is 0 Å². The normalized spacial score (nSPS) is 22.8. The van der Waals surface area contributed by atoms with Gasteiger partial charge in [0.2, 0.25) is 5.82 Å². The molecule has 1 aliphatic heterocycles. The van der Waals surface area contributed by atoms with Gasteiger partial charge < -0.3 is 10.1 Å². The molecule has 1 fully saturated rings. The average molecular weight is 371 g/mol. The van der Waals surface area contributed by atoms with Gasteiger partial charge in [0.15, 0.2) is 5.65 Å². The lowest BCUT2D eigenvalue weighted by molar-refractivity contribution is 0.0849. The van der Waals surface area contributed by atoms with Crippen molar-refractivity contribution in [3.63, 3.8) is 0 Å². The predicted molar refractivity (Wildman–Crippen MR) is 98.8 cm³/mol. The molecule has 0 aromatic carbocycles. The smallest absolute Gasteiger partial charge is 0.291 e. The standard InChI is InChI=1S/C18H21N5O2S/c1-10-4-2-6-12-13(10)14-16-21-15(22-23(16)9-20-18(14)26-12)17(24)19-8-11-5-3-7-25-11/h9-11H,2-8H2,1H3,(H,19,24)/t10-,11+/m1/s1. The summed E-state index contributed by atoms with van der Waals surface area (Å²) >= 11 is 1.75. The topological polar surface area (TPSA) is 81.4 Å². The molecular weight excluding hydrogens is 350 g/mol. The lowest BCUT2D eigenvalue weighted by Gasteiger charge is -2.18. The molecule has 0 bridgehead atoms. The maximum atomic E-state index is 12.5. The van der Waals surface area contributed by atoms with Crippen LogP contribution in [0.2, 0.25) is 0 Å². The number of nitrogens with zero attached hydrogens (tertiary/aromatic N) is 4. The van der Waals surface area contributed by atoms with Crippen LogP contribution in [0.4, 0.5) is 0 Å². The van der Waals surface area contributed by atoms with Crippen LogP contribution in [-0.4, -0.2) is 44.7 Å². The molecule has 2 atom stereocenters. The Kier molecular flexibility index (Phi) is 3.90. The summed E-state index contributed by atoms with van der Waals surface area (Å²) in [7, 11) is 0. The van der Waals surface area contributed by atoms with Crippen LogP contribution in [-0.2, 0) is 11.2 Å². The molecule has 4 heterocycles. The van der Waals surface area contributed by atoms with Gasteiger partial charge in [0, 0.05) is 18.0 Å². The number of fused-ring (bicyclic) bond motifs is 5. The molecule has 1 N–H and O–H groups in total. The number of amides is 1. The van der Waals surface area contributed by atoms with Crippen LogP contribution < -0.4 is 5.32 Å². The molecule has 0 unspecified atom stereocenters. The number of nitrogens with one attached hydrogen (secondary N) is 1. The van der Waals surface area contributed by atoms with Gasteiger partial charge in [-0.15, -0.1) is 16.4 Å². The number of thiophene rings is 1. The molecule has 0 spiro atoms. The van der Waals surface area contributed by atoms with E-state index in [1.807, 2.05) is 0 Å². The van der Waals surface area contributed by atoms with Gasteiger partial charge in [0.25, 0.3) is 5.91 Å². The third-order valence-electron chi connectivity index (χ3n) is 5.39. The molecule has 1 aliphatic carbocycles. The van der Waals surface area contributed by atoms with E-state index < -0.39 is 0 Å². The minimum Gasteiger partial charge on any atom is -0.376 e. The van der Waals surface area contributed by atoms with E-state index in [9.17, 15) is 4.79 Å². The SMILES string of the molecule is C[C@@H]1CCCc2sc3ncn4nc(C(=O)NC[C@@H]5CCCO5)nc4c3c21. The highest BCUT2D eigenvalue weighted by Crippen LogP contribution is 2.42. The van der Waals surface area contributed by atoms with Crippen LogP contribution in [0, 0.1) is 0 Å². The zero-order chi connectivity index (χ0) is 17.7. The Balaban J connectivity index is 1.51. The van der Waals surface area contributed by atoms with E-state index in [0.717, 1.165) is 41.7 Å². The van der Waals surface area contributed by atoms with Crippen molar-refractivity contribution in [3.8, 4) is 0 Å². The first-order valence-electron chi connectivity index (χ1n) is 9.27. The van der Waals surface area contributed by atoms with E-state index >= 15 is 0 Å². The lowest BCUT2D eigenvalue weighted by atomic mass is 9.87. The number of rotatable bonds is 3. The summed E-state index contributed by atoms with van der Waals surface area (Å²) in [5, 5.41) is 8.33. The zero-order valence-corrected chi connectivity index (χ0v) is 15.5. The largest absolute Gasteiger partial charge is 0.376 e. The molecule has 5 rings (SSSR count). The molecular formula is C18H21N5O2S. The number of carbonyl (C=O) groups is 1. The summed E-state index contributed by atoms with van der Waals surface area (Å²) in [6.45, 7) is 3.55. The summed E-state index contributed by atoms with van der Waals surface area (Å²) < 4.78 is 7.19. The molecule has 3 aromatic rings. The quantitative estimate of drug-likeness (QED) is 0.765. The zero-order valence-electron chi connectivity index (χ0n) is 14.7.